The number of aliphatic carboxylic acids is 2. The van der Waals surface area contributed by atoms with E-state index >= 15 is 0 Å². The molecule has 0 spiro atoms. The van der Waals surface area contributed by atoms with Crippen molar-refractivity contribution in [2.45, 2.75) is 42.9 Å². The highest BCUT2D eigenvalue weighted by Gasteiger charge is 2.51. The van der Waals surface area contributed by atoms with Crippen LogP contribution in [-0.4, -0.2) is 110 Å². The number of ether oxygens (including phenoxy) is 1. The lowest BCUT2D eigenvalue weighted by Crippen LogP contribution is -2.68. The minimum atomic E-state index is -5.08. The van der Waals surface area contributed by atoms with Crippen LogP contribution in [0.5, 0.6) is 0 Å². The molecule has 16 heteroatoms. The van der Waals surface area contributed by atoms with Crippen LogP contribution in [0.15, 0.2) is 35.6 Å². The molecule has 0 saturated carbocycles. The number of piperidine rings is 1. The van der Waals surface area contributed by atoms with Crippen molar-refractivity contribution in [3.63, 3.8) is 0 Å². The molecule has 0 unspecified atom stereocenters. The number of carboxylic acids is 2. The Morgan fingerprint density at radius 2 is 1.77 bits per heavy atom. The summed E-state index contributed by atoms with van der Waals surface area (Å²) in [5, 5.41) is 16.4. The SMILES string of the molecule is C=CCOC(=O)N1CCC(N2CCC(=CC3=C(C(=O)O)N4C(=O)[C@@H](N)[C@H]4SC3)C2=O)CC1.O=C(O)C(F)(F)F. The summed E-state index contributed by atoms with van der Waals surface area (Å²) in [6.07, 6.45) is -0.486. The molecule has 0 bridgehead atoms. The number of amides is 3. The minimum Gasteiger partial charge on any atom is -0.477 e. The van der Waals surface area contributed by atoms with E-state index in [0.717, 1.165) is 0 Å². The molecule has 4 heterocycles. The van der Waals surface area contributed by atoms with Crippen LogP contribution >= 0.6 is 11.8 Å². The van der Waals surface area contributed by atoms with Gasteiger partial charge in [0.1, 0.15) is 23.7 Å². The predicted octanol–water partition coefficient (Wildman–Crippen LogP) is 1.15. The maximum absolute atomic E-state index is 13.1. The van der Waals surface area contributed by atoms with Crippen LogP contribution in [0.2, 0.25) is 0 Å². The van der Waals surface area contributed by atoms with Gasteiger partial charge in [0.25, 0.3) is 0 Å². The third-order valence-electron chi connectivity index (χ3n) is 6.48. The van der Waals surface area contributed by atoms with E-state index in [1.165, 1.54) is 22.7 Å². The molecule has 0 aromatic heterocycles. The number of hydrogen-bond acceptors (Lipinski definition) is 8. The molecule has 0 aliphatic carbocycles. The van der Waals surface area contributed by atoms with Gasteiger partial charge in [0.15, 0.2) is 0 Å². The summed E-state index contributed by atoms with van der Waals surface area (Å²) in [4.78, 5) is 62.5. The standard InChI is InChI=1S/C21H26N4O6S.C2HF3O2/c1-2-9-31-21(30)23-6-4-14(5-7-23)24-8-3-12(17(24)26)10-13-11-32-19-15(22)18(27)25(19)16(13)20(28)29;3-2(4,5)1(6)7/h2,10,14-15,19H,1,3-9,11,22H2,(H,28,29);(H,6,7)/t15-,19-;/m1./s1. The number of carboxylic acid groups (broad SMARTS) is 2. The van der Waals surface area contributed by atoms with Gasteiger partial charge < -0.3 is 30.5 Å². The molecule has 3 amide bonds. The van der Waals surface area contributed by atoms with Gasteiger partial charge in [0.2, 0.25) is 11.8 Å². The number of alkyl halides is 3. The fourth-order valence-electron chi connectivity index (χ4n) is 4.56. The number of fused-ring (bicyclic) bond motifs is 1. The lowest BCUT2D eigenvalue weighted by atomic mass is 10.0. The molecule has 0 aromatic rings. The number of allylic oxidation sites excluding steroid dienone is 1. The van der Waals surface area contributed by atoms with E-state index in [4.69, 9.17) is 20.4 Å². The zero-order chi connectivity index (χ0) is 29.1. The van der Waals surface area contributed by atoms with Crippen molar-refractivity contribution in [3.05, 3.63) is 35.6 Å². The van der Waals surface area contributed by atoms with E-state index in [0.29, 0.717) is 55.8 Å². The molecule has 0 radical (unpaired) electrons. The minimum absolute atomic E-state index is 0.0184. The largest absolute Gasteiger partial charge is 0.490 e. The van der Waals surface area contributed by atoms with Gasteiger partial charge in [0.05, 0.1) is 0 Å². The van der Waals surface area contributed by atoms with E-state index in [9.17, 15) is 37.5 Å². The Balaban J connectivity index is 0.000000532. The van der Waals surface area contributed by atoms with Crippen molar-refractivity contribution in [2.75, 3.05) is 32.0 Å². The number of halogens is 3. The second-order valence-corrected chi connectivity index (χ2v) is 10.0. The van der Waals surface area contributed by atoms with Crippen molar-refractivity contribution in [2.24, 2.45) is 5.73 Å². The van der Waals surface area contributed by atoms with Crippen molar-refractivity contribution in [3.8, 4) is 0 Å². The average molecular weight is 577 g/mol. The summed E-state index contributed by atoms with van der Waals surface area (Å²) in [6.45, 7) is 5.26. The summed E-state index contributed by atoms with van der Waals surface area (Å²) in [5.74, 6) is -4.10. The van der Waals surface area contributed by atoms with Crippen LogP contribution in [-0.2, 0) is 23.9 Å². The zero-order valence-electron chi connectivity index (χ0n) is 20.6. The number of nitrogens with two attached hydrogens (primary N) is 1. The Morgan fingerprint density at radius 3 is 2.31 bits per heavy atom. The van der Waals surface area contributed by atoms with Gasteiger partial charge in [-0.15, -0.1) is 11.8 Å². The molecule has 2 atom stereocenters. The van der Waals surface area contributed by atoms with E-state index in [1.54, 1.807) is 11.0 Å². The maximum Gasteiger partial charge on any atom is 0.490 e. The molecule has 4 rings (SSSR count). The number of β-lactam (4-membered cyclic amide) rings is 1. The Morgan fingerprint density at radius 1 is 1.15 bits per heavy atom. The topological polar surface area (TPSA) is 171 Å². The molecule has 0 aromatic carbocycles. The van der Waals surface area contributed by atoms with Crippen LogP contribution in [0.4, 0.5) is 18.0 Å². The van der Waals surface area contributed by atoms with Gasteiger partial charge in [-0.3, -0.25) is 14.5 Å². The first-order chi connectivity index (χ1) is 18.3. The molecule has 214 valence electrons. The molecular weight excluding hydrogens is 549 g/mol. The third kappa shape index (κ3) is 6.55. The highest BCUT2D eigenvalue weighted by molar-refractivity contribution is 8.00. The van der Waals surface area contributed by atoms with Crippen molar-refractivity contribution in [1.29, 1.82) is 0 Å². The molecule has 3 saturated heterocycles. The third-order valence-corrected chi connectivity index (χ3v) is 7.80. The smallest absolute Gasteiger partial charge is 0.477 e. The van der Waals surface area contributed by atoms with Gasteiger partial charge in [-0.2, -0.15) is 13.2 Å². The highest BCUT2D eigenvalue weighted by atomic mass is 32.2. The number of likely N-dealkylation sites (tertiary alicyclic amines) is 2. The van der Waals surface area contributed by atoms with Crippen LogP contribution in [0.25, 0.3) is 0 Å². The Labute approximate surface area is 224 Å². The molecule has 4 aliphatic rings. The quantitative estimate of drug-likeness (QED) is 0.245. The number of hydrogen-bond donors (Lipinski definition) is 3. The second-order valence-electron chi connectivity index (χ2n) is 8.92. The van der Waals surface area contributed by atoms with Gasteiger partial charge in [0, 0.05) is 37.0 Å². The van der Waals surface area contributed by atoms with Crippen LogP contribution in [0.1, 0.15) is 19.3 Å². The summed E-state index contributed by atoms with van der Waals surface area (Å²) in [6, 6.07) is -0.670. The number of nitrogens with zero attached hydrogens (tertiary/aromatic N) is 3. The van der Waals surface area contributed by atoms with E-state index in [2.05, 4.69) is 6.58 Å². The highest BCUT2D eigenvalue weighted by Crippen LogP contribution is 2.40. The summed E-state index contributed by atoms with van der Waals surface area (Å²) in [7, 11) is 0. The van der Waals surface area contributed by atoms with Crippen molar-refractivity contribution >= 4 is 41.6 Å². The van der Waals surface area contributed by atoms with Crippen molar-refractivity contribution < 1.29 is 52.1 Å². The average Bonchev–Trinajstić information content (AvgIpc) is 3.25. The molecule has 4 aliphatic heterocycles. The molecule has 3 fully saturated rings. The van der Waals surface area contributed by atoms with E-state index in [1.807, 2.05) is 4.90 Å². The first kappa shape index (κ1) is 30.0. The lowest BCUT2D eigenvalue weighted by molar-refractivity contribution is -0.192. The first-order valence-electron chi connectivity index (χ1n) is 11.8. The van der Waals surface area contributed by atoms with Crippen LogP contribution < -0.4 is 5.73 Å². The summed E-state index contributed by atoms with van der Waals surface area (Å²) < 4.78 is 36.8. The summed E-state index contributed by atoms with van der Waals surface area (Å²) >= 11 is 1.41. The van der Waals surface area contributed by atoms with Crippen LogP contribution in [0, 0.1) is 0 Å². The normalized spacial score (nSPS) is 24.6. The fourth-order valence-corrected chi connectivity index (χ4v) is 5.81. The van der Waals surface area contributed by atoms with E-state index < -0.39 is 30.1 Å². The van der Waals surface area contributed by atoms with Gasteiger partial charge >= 0.3 is 24.2 Å². The second kappa shape index (κ2) is 12.1. The Kier molecular flexibility index (Phi) is 9.32. The van der Waals surface area contributed by atoms with Crippen LogP contribution in [0.3, 0.4) is 0 Å². The van der Waals surface area contributed by atoms with E-state index in [-0.39, 0.29) is 35.7 Å². The monoisotopic (exact) mass is 576 g/mol. The predicted molar refractivity (Wildman–Crippen MR) is 130 cm³/mol. The molecular formula is C23H27F3N4O8S. The Hall–Kier alpha value is -3.53. The number of carbonyl (C=O) groups is 5. The Bertz CT molecular complexity index is 1120. The fraction of sp³-hybridized carbons (Fsp3) is 0.522. The van der Waals surface area contributed by atoms with Gasteiger partial charge in [-0.1, -0.05) is 12.7 Å². The first-order valence-corrected chi connectivity index (χ1v) is 12.8. The maximum atomic E-state index is 13.1. The molecule has 39 heavy (non-hydrogen) atoms. The zero-order valence-corrected chi connectivity index (χ0v) is 21.4. The number of rotatable bonds is 5. The number of carbonyl (C=O) groups excluding carboxylic acids is 3. The number of thioether (sulfide) groups is 1. The summed E-state index contributed by atoms with van der Waals surface area (Å²) in [5.41, 5.74) is 6.71. The molecule has 12 nitrogen and oxygen atoms in total. The van der Waals surface area contributed by atoms with Crippen molar-refractivity contribution in [1.82, 2.24) is 14.7 Å². The molecule has 4 N–H and O–H groups in total. The van der Waals surface area contributed by atoms with Gasteiger partial charge in [-0.25, -0.2) is 14.4 Å². The lowest BCUT2D eigenvalue weighted by Gasteiger charge is -2.47. The van der Waals surface area contributed by atoms with Gasteiger partial charge in [-0.05, 0) is 30.9 Å².